The topological polar surface area (TPSA) is 176 Å². The normalized spacial score (nSPS) is 21.5. The Balaban J connectivity index is 1.71. The van der Waals surface area contributed by atoms with Crippen molar-refractivity contribution < 1.29 is 38.2 Å². The number of nitrogens with zero attached hydrogens (tertiary/aromatic N) is 2. The number of aromatic nitrogens is 2. The van der Waals surface area contributed by atoms with E-state index in [9.17, 15) is 24.5 Å². The van der Waals surface area contributed by atoms with Crippen molar-refractivity contribution in [3.8, 4) is 12.3 Å². The van der Waals surface area contributed by atoms with Gasteiger partial charge in [-0.3, -0.25) is 13.6 Å². The molecule has 288 valence electrons. The fourth-order valence-corrected chi connectivity index (χ4v) is 8.04. The van der Waals surface area contributed by atoms with Gasteiger partial charge in [0.15, 0.2) is 6.23 Å². The van der Waals surface area contributed by atoms with Crippen molar-refractivity contribution in [2.75, 3.05) is 31.3 Å². The molecule has 1 aliphatic heterocycles. The Bertz CT molecular complexity index is 1220. The second-order valence-corrected chi connectivity index (χ2v) is 16.0. The van der Waals surface area contributed by atoms with E-state index in [1.165, 1.54) is 103 Å². The standard InChI is InChI=1S/C36H64N3O9PS/c1-5-8-10-12-13-14-15-16-18-20-25-50-31(22-19-17-11-9-6-2)28(4)45-23-21-24-46-49(43,44)47-27-30-32(40)33(41)35(48-30)39-26-29(7-3)34(37)38-36(39)42/h3,26,28,30-33,35,40-41H,5-6,8-25,27H2,1-2,4H3,(H,43,44)(H2,37,38,42)/t28?,30-,31?,32-,33-,35-/m1/s1. The van der Waals surface area contributed by atoms with Crippen LogP contribution in [0, 0.1) is 12.3 Å². The summed E-state index contributed by atoms with van der Waals surface area (Å²) in [6.45, 7) is 6.31. The first kappa shape index (κ1) is 44.7. The van der Waals surface area contributed by atoms with Crippen LogP contribution in [0.2, 0.25) is 0 Å². The van der Waals surface area contributed by atoms with Crippen molar-refractivity contribution in [2.24, 2.45) is 0 Å². The largest absolute Gasteiger partial charge is 0.472 e. The number of ether oxygens (including phenoxy) is 2. The van der Waals surface area contributed by atoms with Gasteiger partial charge in [0.2, 0.25) is 0 Å². The Hall–Kier alpha value is -1.46. The number of hydrogen-bond acceptors (Lipinski definition) is 11. The fraction of sp³-hybridized carbons (Fsp3) is 0.833. The lowest BCUT2D eigenvalue weighted by atomic mass is 10.1. The minimum atomic E-state index is -4.51. The number of rotatable bonds is 29. The number of aliphatic hydroxyl groups excluding tert-OH is 2. The zero-order valence-electron chi connectivity index (χ0n) is 30.6. The Morgan fingerprint density at radius 2 is 1.56 bits per heavy atom. The van der Waals surface area contributed by atoms with E-state index in [0.29, 0.717) is 18.3 Å². The fourth-order valence-electron chi connectivity index (χ4n) is 5.92. The summed E-state index contributed by atoms with van der Waals surface area (Å²) in [6.07, 6.45) is 21.9. The number of phosphoric acid groups is 1. The van der Waals surface area contributed by atoms with E-state index in [4.69, 9.17) is 30.7 Å². The van der Waals surface area contributed by atoms with Gasteiger partial charge in [-0.1, -0.05) is 110 Å². The van der Waals surface area contributed by atoms with Gasteiger partial charge in [0.25, 0.3) is 0 Å². The predicted molar refractivity (Wildman–Crippen MR) is 200 cm³/mol. The zero-order valence-corrected chi connectivity index (χ0v) is 32.3. The first-order chi connectivity index (χ1) is 24.0. The van der Waals surface area contributed by atoms with E-state index in [2.05, 4.69) is 31.7 Å². The number of aliphatic hydroxyl groups is 2. The molecule has 2 rings (SSSR count). The molecule has 0 aliphatic carbocycles. The maximum Gasteiger partial charge on any atom is 0.472 e. The molecule has 1 aromatic heterocycles. The van der Waals surface area contributed by atoms with Crippen LogP contribution in [-0.2, 0) is 23.1 Å². The van der Waals surface area contributed by atoms with Gasteiger partial charge in [-0.25, -0.2) is 9.36 Å². The Kier molecular flexibility index (Phi) is 22.8. The van der Waals surface area contributed by atoms with Crippen LogP contribution in [0.3, 0.4) is 0 Å². The third kappa shape index (κ3) is 16.9. The highest BCUT2D eigenvalue weighted by Crippen LogP contribution is 2.44. The molecule has 12 nitrogen and oxygen atoms in total. The van der Waals surface area contributed by atoms with Crippen LogP contribution < -0.4 is 11.4 Å². The number of anilines is 1. The molecule has 0 amide bonds. The summed E-state index contributed by atoms with van der Waals surface area (Å²) in [4.78, 5) is 26.1. The molecule has 0 saturated carbocycles. The predicted octanol–water partition coefficient (Wildman–Crippen LogP) is 6.74. The van der Waals surface area contributed by atoms with Crippen LogP contribution in [-0.4, -0.2) is 79.9 Å². The van der Waals surface area contributed by atoms with Crippen LogP contribution >= 0.6 is 19.6 Å². The lowest BCUT2D eigenvalue weighted by Gasteiger charge is -2.24. The molecular formula is C36H64N3O9PS. The SMILES string of the molecule is C#Cc1cn([C@@H]2O[C@H](COP(=O)(O)OCCCOC(C)C(CCCCCCC)SCCCCCCCCCCCC)[C@@H](O)[C@H]2O)c(=O)nc1N. The number of nitrogens with two attached hydrogens (primary N) is 1. The van der Waals surface area contributed by atoms with Crippen LogP contribution in [0.1, 0.15) is 142 Å². The van der Waals surface area contributed by atoms with Gasteiger partial charge in [0.1, 0.15) is 24.1 Å². The van der Waals surface area contributed by atoms with Gasteiger partial charge >= 0.3 is 13.5 Å². The smallest absolute Gasteiger partial charge is 0.387 e. The quantitative estimate of drug-likeness (QED) is 0.0387. The van der Waals surface area contributed by atoms with Crippen LogP contribution in [0.4, 0.5) is 5.82 Å². The summed E-state index contributed by atoms with van der Waals surface area (Å²) >= 11 is 2.01. The molecule has 5 N–H and O–H groups in total. The summed E-state index contributed by atoms with van der Waals surface area (Å²) < 4.78 is 35.3. The van der Waals surface area contributed by atoms with Crippen molar-refractivity contribution in [1.29, 1.82) is 0 Å². The van der Waals surface area contributed by atoms with Gasteiger partial charge < -0.3 is 30.3 Å². The Morgan fingerprint density at radius 1 is 0.960 bits per heavy atom. The van der Waals surface area contributed by atoms with Gasteiger partial charge in [0, 0.05) is 18.1 Å². The first-order valence-corrected chi connectivity index (χ1v) is 21.3. The van der Waals surface area contributed by atoms with Crippen molar-refractivity contribution in [3.05, 3.63) is 22.2 Å². The summed E-state index contributed by atoms with van der Waals surface area (Å²) in [5.74, 6) is 3.25. The van der Waals surface area contributed by atoms with Crippen LogP contribution in [0.5, 0.6) is 0 Å². The molecular weight excluding hydrogens is 681 g/mol. The lowest BCUT2D eigenvalue weighted by molar-refractivity contribution is -0.0553. The number of phosphoric ester groups is 1. The Morgan fingerprint density at radius 3 is 2.18 bits per heavy atom. The van der Waals surface area contributed by atoms with Crippen LogP contribution in [0.25, 0.3) is 0 Å². The van der Waals surface area contributed by atoms with Gasteiger partial charge in [0.05, 0.1) is 24.9 Å². The van der Waals surface area contributed by atoms with Gasteiger partial charge in [-0.05, 0) is 31.9 Å². The second kappa shape index (κ2) is 25.5. The summed E-state index contributed by atoms with van der Waals surface area (Å²) in [7, 11) is -4.51. The molecule has 0 bridgehead atoms. The van der Waals surface area contributed by atoms with Gasteiger partial charge in [-0.15, -0.1) is 6.42 Å². The van der Waals surface area contributed by atoms with Crippen LogP contribution in [0.15, 0.2) is 11.0 Å². The van der Waals surface area contributed by atoms with E-state index < -0.39 is 44.7 Å². The highest BCUT2D eigenvalue weighted by Gasteiger charge is 2.45. The number of terminal acetylenes is 1. The molecule has 50 heavy (non-hydrogen) atoms. The first-order valence-electron chi connectivity index (χ1n) is 18.8. The summed E-state index contributed by atoms with van der Waals surface area (Å²) in [6, 6.07) is 0. The average molecular weight is 746 g/mol. The molecule has 1 fully saturated rings. The minimum absolute atomic E-state index is 0.0485. The highest BCUT2D eigenvalue weighted by molar-refractivity contribution is 7.99. The van der Waals surface area contributed by atoms with Crippen molar-refractivity contribution in [3.63, 3.8) is 0 Å². The maximum absolute atomic E-state index is 12.5. The molecule has 14 heteroatoms. The Labute approximate surface area is 304 Å². The third-order valence-electron chi connectivity index (χ3n) is 9.02. The molecule has 1 aromatic rings. The molecule has 7 atom stereocenters. The second-order valence-electron chi connectivity index (χ2n) is 13.2. The van der Waals surface area contributed by atoms with E-state index >= 15 is 0 Å². The molecule has 2 heterocycles. The average Bonchev–Trinajstić information content (AvgIpc) is 3.37. The molecule has 0 spiro atoms. The summed E-state index contributed by atoms with van der Waals surface area (Å²) in [5.41, 5.74) is 4.88. The monoisotopic (exact) mass is 745 g/mol. The number of hydrogen-bond donors (Lipinski definition) is 4. The van der Waals surface area contributed by atoms with Crippen molar-refractivity contribution in [2.45, 2.75) is 166 Å². The van der Waals surface area contributed by atoms with Crippen molar-refractivity contribution in [1.82, 2.24) is 9.55 Å². The molecule has 0 radical (unpaired) electrons. The molecule has 1 saturated heterocycles. The number of unbranched alkanes of at least 4 members (excludes halogenated alkanes) is 13. The lowest BCUT2D eigenvalue weighted by Crippen LogP contribution is -2.36. The van der Waals surface area contributed by atoms with Crippen molar-refractivity contribution >= 4 is 25.4 Å². The summed E-state index contributed by atoms with van der Waals surface area (Å²) in [5, 5.41) is 21.3. The van der Waals surface area contributed by atoms with Gasteiger partial charge in [-0.2, -0.15) is 16.7 Å². The zero-order chi connectivity index (χ0) is 36.8. The van der Waals surface area contributed by atoms with E-state index in [0.717, 1.165) is 16.7 Å². The molecule has 0 aromatic carbocycles. The maximum atomic E-state index is 12.5. The van der Waals surface area contributed by atoms with E-state index in [1.54, 1.807) is 0 Å². The molecule has 3 unspecified atom stereocenters. The molecule has 1 aliphatic rings. The third-order valence-corrected chi connectivity index (χ3v) is 11.6. The number of thioether (sulfide) groups is 1. The highest BCUT2D eigenvalue weighted by atomic mass is 32.2. The number of nitrogen functional groups attached to an aromatic ring is 1. The van der Waals surface area contributed by atoms with E-state index in [1.807, 2.05) is 11.8 Å². The minimum Gasteiger partial charge on any atom is -0.387 e. The van der Waals surface area contributed by atoms with E-state index in [-0.39, 0.29) is 24.1 Å².